The number of carbonyl (C=O) groups excluding carboxylic acids is 1. The number of ketones is 1. The molecule has 0 radical (unpaired) electrons. The molecule has 0 atom stereocenters. The highest BCUT2D eigenvalue weighted by molar-refractivity contribution is 5.95. The van der Waals surface area contributed by atoms with E-state index < -0.39 is 4.92 Å². The van der Waals surface area contributed by atoms with Gasteiger partial charge < -0.3 is 4.57 Å². The van der Waals surface area contributed by atoms with Gasteiger partial charge >= 0.3 is 0 Å². The van der Waals surface area contributed by atoms with Crippen molar-refractivity contribution in [3.63, 3.8) is 0 Å². The van der Waals surface area contributed by atoms with Crippen molar-refractivity contribution in [2.75, 3.05) is 0 Å². The first-order valence-corrected chi connectivity index (χ1v) is 6.31. The summed E-state index contributed by atoms with van der Waals surface area (Å²) in [7, 11) is 0. The minimum Gasteiger partial charge on any atom is -0.344 e. The summed E-state index contributed by atoms with van der Waals surface area (Å²) >= 11 is 0. The quantitative estimate of drug-likeness (QED) is 0.487. The Labute approximate surface area is 117 Å². The lowest BCUT2D eigenvalue weighted by Gasteiger charge is -2.09. The van der Waals surface area contributed by atoms with Crippen LogP contribution in [0.4, 0.5) is 5.69 Å². The highest BCUT2D eigenvalue weighted by atomic mass is 16.6. The molecule has 20 heavy (non-hydrogen) atoms. The molecule has 0 saturated heterocycles. The molecular weight excluding hydrogens is 256 g/mol. The van der Waals surface area contributed by atoms with Crippen molar-refractivity contribution < 1.29 is 9.72 Å². The number of hydrogen-bond acceptors (Lipinski definition) is 3. The third-order valence-electron chi connectivity index (χ3n) is 3.44. The largest absolute Gasteiger partial charge is 0.344 e. The lowest BCUT2D eigenvalue weighted by atomic mass is 10.2. The van der Waals surface area contributed by atoms with Gasteiger partial charge in [0, 0.05) is 35.6 Å². The van der Waals surface area contributed by atoms with Gasteiger partial charge in [-0.3, -0.25) is 14.9 Å². The second kappa shape index (κ2) is 5.28. The van der Waals surface area contributed by atoms with Crippen LogP contribution in [0.1, 0.15) is 34.2 Å². The smallest absolute Gasteiger partial charge is 0.269 e. The van der Waals surface area contributed by atoms with Gasteiger partial charge in [-0.1, -0.05) is 12.1 Å². The van der Waals surface area contributed by atoms with Gasteiger partial charge in [0.05, 0.1) is 4.92 Å². The number of benzene rings is 1. The first kappa shape index (κ1) is 14.0. The fourth-order valence-corrected chi connectivity index (χ4v) is 2.31. The number of nitrogens with zero attached hydrogens (tertiary/aromatic N) is 2. The second-order valence-corrected chi connectivity index (χ2v) is 4.85. The normalized spacial score (nSPS) is 10.6. The minimum atomic E-state index is -0.413. The van der Waals surface area contributed by atoms with Crippen LogP contribution < -0.4 is 0 Å². The number of nitro benzene ring substituents is 1. The molecule has 1 aromatic carbocycles. The summed E-state index contributed by atoms with van der Waals surface area (Å²) in [4.78, 5) is 21.7. The van der Waals surface area contributed by atoms with Crippen LogP contribution in [-0.2, 0) is 6.54 Å². The summed E-state index contributed by atoms with van der Waals surface area (Å²) in [5, 5.41) is 10.6. The molecule has 0 unspecified atom stereocenters. The lowest BCUT2D eigenvalue weighted by Crippen LogP contribution is -2.05. The van der Waals surface area contributed by atoms with Crippen LogP contribution in [0.15, 0.2) is 30.3 Å². The highest BCUT2D eigenvalue weighted by Gasteiger charge is 2.13. The van der Waals surface area contributed by atoms with Crippen molar-refractivity contribution in [3.8, 4) is 0 Å². The third-order valence-corrected chi connectivity index (χ3v) is 3.44. The molecule has 0 aliphatic carbocycles. The van der Waals surface area contributed by atoms with Gasteiger partial charge in [-0.05, 0) is 32.4 Å². The topological polar surface area (TPSA) is 65.1 Å². The second-order valence-electron chi connectivity index (χ2n) is 4.85. The van der Waals surface area contributed by atoms with E-state index in [2.05, 4.69) is 0 Å². The molecule has 2 aromatic rings. The van der Waals surface area contributed by atoms with Crippen molar-refractivity contribution in [2.24, 2.45) is 0 Å². The van der Waals surface area contributed by atoms with Crippen LogP contribution in [0.3, 0.4) is 0 Å². The van der Waals surface area contributed by atoms with Crippen LogP contribution in [0, 0.1) is 24.0 Å². The molecule has 2 rings (SSSR count). The molecule has 1 heterocycles. The summed E-state index contributed by atoms with van der Waals surface area (Å²) in [6.45, 7) is 6.01. The van der Waals surface area contributed by atoms with Crippen molar-refractivity contribution >= 4 is 11.5 Å². The number of hydrogen-bond donors (Lipinski definition) is 0. The molecule has 5 heteroatoms. The Bertz CT molecular complexity index is 669. The van der Waals surface area contributed by atoms with Crippen LogP contribution in [-0.4, -0.2) is 15.3 Å². The van der Waals surface area contributed by atoms with Crippen molar-refractivity contribution in [3.05, 3.63) is 63.0 Å². The molecule has 0 aliphatic heterocycles. The Morgan fingerprint density at radius 3 is 2.30 bits per heavy atom. The van der Waals surface area contributed by atoms with Crippen molar-refractivity contribution in [2.45, 2.75) is 27.3 Å². The fraction of sp³-hybridized carbons (Fsp3) is 0.267. The summed E-state index contributed by atoms with van der Waals surface area (Å²) in [5.74, 6) is 0.0491. The number of non-ortho nitro benzene ring substituents is 1. The van der Waals surface area contributed by atoms with E-state index >= 15 is 0 Å². The average Bonchev–Trinajstić information content (AvgIpc) is 2.67. The number of rotatable bonds is 4. The molecule has 0 bridgehead atoms. The molecule has 0 N–H and O–H groups in total. The summed E-state index contributed by atoms with van der Waals surface area (Å²) in [5.41, 5.74) is 3.70. The molecule has 104 valence electrons. The van der Waals surface area contributed by atoms with E-state index in [0.29, 0.717) is 6.54 Å². The zero-order valence-electron chi connectivity index (χ0n) is 11.7. The summed E-state index contributed by atoms with van der Waals surface area (Å²) in [6.07, 6.45) is 0. The number of Topliss-reactive ketones (excluding diaryl/α,β-unsaturated/α-hetero) is 1. The summed E-state index contributed by atoms with van der Waals surface area (Å²) < 4.78 is 2.04. The first-order valence-electron chi connectivity index (χ1n) is 6.31. The van der Waals surface area contributed by atoms with Crippen molar-refractivity contribution in [1.29, 1.82) is 0 Å². The molecule has 5 nitrogen and oxygen atoms in total. The molecular formula is C15H16N2O3. The van der Waals surface area contributed by atoms with Crippen molar-refractivity contribution in [1.82, 2.24) is 4.57 Å². The Morgan fingerprint density at radius 1 is 1.25 bits per heavy atom. The maximum absolute atomic E-state index is 11.5. The molecule has 0 aliphatic rings. The molecule has 0 spiro atoms. The van der Waals surface area contributed by atoms with E-state index in [1.807, 2.05) is 24.5 Å². The first-order chi connectivity index (χ1) is 9.40. The predicted molar refractivity (Wildman–Crippen MR) is 76.1 cm³/mol. The number of carbonyl (C=O) groups is 1. The van der Waals surface area contributed by atoms with Crippen LogP contribution in [0.5, 0.6) is 0 Å². The fourth-order valence-electron chi connectivity index (χ4n) is 2.31. The van der Waals surface area contributed by atoms with Gasteiger partial charge in [-0.25, -0.2) is 0 Å². The average molecular weight is 272 g/mol. The molecule has 1 aromatic heterocycles. The van der Waals surface area contributed by atoms with Gasteiger partial charge in [0.1, 0.15) is 0 Å². The van der Waals surface area contributed by atoms with Gasteiger partial charge in [0.25, 0.3) is 5.69 Å². The van der Waals surface area contributed by atoms with Crippen LogP contribution in [0.25, 0.3) is 0 Å². The van der Waals surface area contributed by atoms with Gasteiger partial charge in [0.2, 0.25) is 0 Å². The maximum atomic E-state index is 11.5. The van der Waals surface area contributed by atoms with E-state index in [-0.39, 0.29) is 11.5 Å². The number of aryl methyl sites for hydroxylation is 1. The van der Waals surface area contributed by atoms with E-state index in [4.69, 9.17) is 0 Å². The maximum Gasteiger partial charge on any atom is 0.269 e. The molecule has 0 saturated carbocycles. The van der Waals surface area contributed by atoms with Gasteiger partial charge in [-0.15, -0.1) is 0 Å². The number of aromatic nitrogens is 1. The standard InChI is InChI=1S/C15H16N2O3/c1-10-8-15(12(3)18)11(2)16(10)9-13-4-6-14(7-5-13)17(19)20/h4-8H,9H2,1-3H3. The van der Waals surface area contributed by atoms with Gasteiger partial charge in [-0.2, -0.15) is 0 Å². The lowest BCUT2D eigenvalue weighted by molar-refractivity contribution is -0.384. The van der Waals surface area contributed by atoms with E-state index in [1.165, 1.54) is 12.1 Å². The summed E-state index contributed by atoms with van der Waals surface area (Å²) in [6, 6.07) is 8.35. The minimum absolute atomic E-state index is 0.0491. The number of nitro groups is 1. The van der Waals surface area contributed by atoms with E-state index in [1.54, 1.807) is 19.1 Å². The van der Waals surface area contributed by atoms with Crippen LogP contribution >= 0.6 is 0 Å². The Hall–Kier alpha value is -2.43. The van der Waals surface area contributed by atoms with Gasteiger partial charge in [0.15, 0.2) is 5.78 Å². The molecule has 0 fully saturated rings. The Balaban J connectivity index is 2.30. The highest BCUT2D eigenvalue weighted by Crippen LogP contribution is 2.19. The van der Waals surface area contributed by atoms with E-state index in [9.17, 15) is 14.9 Å². The van der Waals surface area contributed by atoms with Crippen LogP contribution in [0.2, 0.25) is 0 Å². The molecule has 0 amide bonds. The van der Waals surface area contributed by atoms with E-state index in [0.717, 1.165) is 22.5 Å². The SMILES string of the molecule is CC(=O)c1cc(C)n(Cc2ccc([N+](=O)[O-])cc2)c1C. The third kappa shape index (κ3) is 2.61. The Morgan fingerprint density at radius 2 is 1.85 bits per heavy atom. The zero-order chi connectivity index (χ0) is 14.9. The Kier molecular flexibility index (Phi) is 3.70. The zero-order valence-corrected chi connectivity index (χ0v) is 11.7. The predicted octanol–water partition coefficient (Wildman–Crippen LogP) is 3.26. The monoisotopic (exact) mass is 272 g/mol.